The van der Waals surface area contributed by atoms with Crippen LogP contribution >= 0.6 is 23.4 Å². The van der Waals surface area contributed by atoms with E-state index in [9.17, 15) is 4.79 Å². The quantitative estimate of drug-likeness (QED) is 0.671. The summed E-state index contributed by atoms with van der Waals surface area (Å²) in [6, 6.07) is 16.8. The maximum absolute atomic E-state index is 12.1. The molecule has 1 amide bonds. The van der Waals surface area contributed by atoms with Crippen LogP contribution in [0.25, 0.3) is 0 Å². The summed E-state index contributed by atoms with van der Waals surface area (Å²) >= 11 is 7.41. The largest absolute Gasteiger partial charge is 0.455 e. The van der Waals surface area contributed by atoms with Crippen molar-refractivity contribution in [3.8, 4) is 0 Å². The first-order valence-corrected chi connectivity index (χ1v) is 8.26. The molecule has 3 aromatic rings. The van der Waals surface area contributed by atoms with Gasteiger partial charge in [0.15, 0.2) is 5.76 Å². The molecule has 2 heterocycles. The fraction of sp³-hybridized carbons (Fsp3) is 0.0588. The summed E-state index contributed by atoms with van der Waals surface area (Å²) in [7, 11) is 0. The smallest absolute Gasteiger partial charge is 0.292 e. The number of pyridine rings is 1. The summed E-state index contributed by atoms with van der Waals surface area (Å²) in [5.74, 6) is 1.75. The molecule has 0 unspecified atom stereocenters. The van der Waals surface area contributed by atoms with E-state index >= 15 is 0 Å². The van der Waals surface area contributed by atoms with Crippen molar-refractivity contribution in [3.05, 3.63) is 77.3 Å². The van der Waals surface area contributed by atoms with Gasteiger partial charge in [-0.1, -0.05) is 29.8 Å². The van der Waals surface area contributed by atoms with Crippen molar-refractivity contribution in [1.82, 2.24) is 4.98 Å². The molecule has 0 aliphatic carbocycles. The van der Waals surface area contributed by atoms with Gasteiger partial charge in [-0.05, 0) is 36.4 Å². The van der Waals surface area contributed by atoms with Crippen molar-refractivity contribution in [3.63, 3.8) is 0 Å². The van der Waals surface area contributed by atoms with Crippen LogP contribution in [0.5, 0.6) is 0 Å². The van der Waals surface area contributed by atoms with Crippen LogP contribution < -0.4 is 5.32 Å². The molecule has 0 saturated carbocycles. The first-order chi connectivity index (χ1) is 11.2. The number of carbonyl (C=O) groups is 1. The summed E-state index contributed by atoms with van der Waals surface area (Å²) in [6.07, 6.45) is 1.47. The number of anilines is 1. The number of amides is 1. The molecule has 0 bridgehead atoms. The minimum absolute atomic E-state index is 0.255. The summed E-state index contributed by atoms with van der Waals surface area (Å²) in [6.45, 7) is 0. The van der Waals surface area contributed by atoms with E-state index in [1.165, 1.54) is 6.20 Å². The lowest BCUT2D eigenvalue weighted by Gasteiger charge is -2.02. The van der Waals surface area contributed by atoms with E-state index < -0.39 is 0 Å². The Morgan fingerprint density at radius 2 is 1.96 bits per heavy atom. The lowest BCUT2D eigenvalue weighted by molar-refractivity contribution is 0.0995. The van der Waals surface area contributed by atoms with Crippen molar-refractivity contribution >= 4 is 35.1 Å². The maximum Gasteiger partial charge on any atom is 0.292 e. The van der Waals surface area contributed by atoms with Crippen LogP contribution in [-0.4, -0.2) is 10.9 Å². The van der Waals surface area contributed by atoms with E-state index in [0.717, 1.165) is 10.7 Å². The third kappa shape index (κ3) is 4.37. The minimum atomic E-state index is -0.337. The second kappa shape index (κ2) is 7.35. The lowest BCUT2D eigenvalue weighted by Crippen LogP contribution is -2.11. The second-order valence-corrected chi connectivity index (χ2v) is 6.17. The van der Waals surface area contributed by atoms with Gasteiger partial charge in [0.05, 0.1) is 10.8 Å². The number of rotatable bonds is 5. The highest BCUT2D eigenvalue weighted by molar-refractivity contribution is 7.98. The van der Waals surface area contributed by atoms with Gasteiger partial charge in [0.2, 0.25) is 0 Å². The second-order valence-electron chi connectivity index (χ2n) is 4.68. The molecule has 0 atom stereocenters. The number of nitrogens with one attached hydrogen (secondary N) is 1. The van der Waals surface area contributed by atoms with E-state index in [0.29, 0.717) is 16.6 Å². The molecular formula is C17H13ClN2O2S. The Hall–Kier alpha value is -2.24. The highest BCUT2D eigenvalue weighted by atomic mass is 35.5. The predicted molar refractivity (Wildman–Crippen MR) is 91.9 cm³/mol. The van der Waals surface area contributed by atoms with Gasteiger partial charge >= 0.3 is 0 Å². The fourth-order valence-electron chi connectivity index (χ4n) is 1.88. The molecule has 23 heavy (non-hydrogen) atoms. The molecule has 0 fully saturated rings. The highest BCUT2D eigenvalue weighted by Gasteiger charge is 2.12. The number of benzene rings is 1. The fourth-order valence-corrected chi connectivity index (χ4v) is 2.80. The van der Waals surface area contributed by atoms with Crippen molar-refractivity contribution in [2.75, 3.05) is 5.32 Å². The van der Waals surface area contributed by atoms with E-state index in [1.54, 1.807) is 36.0 Å². The summed E-state index contributed by atoms with van der Waals surface area (Å²) in [5, 5.41) is 3.18. The lowest BCUT2D eigenvalue weighted by atomic mass is 10.4. The molecule has 0 spiro atoms. The van der Waals surface area contributed by atoms with Crippen LogP contribution in [-0.2, 0) is 5.75 Å². The Kier molecular flexibility index (Phi) is 5.00. The maximum atomic E-state index is 12.1. The topological polar surface area (TPSA) is 55.1 Å². The van der Waals surface area contributed by atoms with Crippen LogP contribution in [0.15, 0.2) is 70.1 Å². The molecule has 1 N–H and O–H groups in total. The molecule has 0 radical (unpaired) electrons. The van der Waals surface area contributed by atoms with Crippen LogP contribution in [0.4, 0.5) is 5.82 Å². The van der Waals surface area contributed by atoms with Crippen molar-refractivity contribution in [2.24, 2.45) is 0 Å². The van der Waals surface area contributed by atoms with Gasteiger partial charge in [-0.25, -0.2) is 4.98 Å². The number of carbonyl (C=O) groups excluding carboxylic acids is 1. The SMILES string of the molecule is O=C(Nc1ccc(Cl)cn1)c1ccc(CSc2ccccc2)o1. The number of hydrogen-bond acceptors (Lipinski definition) is 4. The summed E-state index contributed by atoms with van der Waals surface area (Å²) in [5.41, 5.74) is 0. The summed E-state index contributed by atoms with van der Waals surface area (Å²) < 4.78 is 5.58. The Morgan fingerprint density at radius 3 is 2.70 bits per heavy atom. The zero-order valence-electron chi connectivity index (χ0n) is 12.0. The Bertz CT molecular complexity index is 788. The van der Waals surface area contributed by atoms with Gasteiger partial charge in [-0.2, -0.15) is 0 Å². The van der Waals surface area contributed by atoms with E-state index in [4.69, 9.17) is 16.0 Å². The number of furan rings is 1. The van der Waals surface area contributed by atoms with Crippen LogP contribution in [0, 0.1) is 0 Å². The van der Waals surface area contributed by atoms with Crippen LogP contribution in [0.1, 0.15) is 16.3 Å². The summed E-state index contributed by atoms with van der Waals surface area (Å²) in [4.78, 5) is 17.3. The molecule has 1 aromatic carbocycles. The Morgan fingerprint density at radius 1 is 1.13 bits per heavy atom. The standard InChI is InChI=1S/C17H13ClN2O2S/c18-12-6-9-16(19-10-12)20-17(21)15-8-7-13(22-15)11-23-14-4-2-1-3-5-14/h1-10H,11H2,(H,19,20,21). The Labute approximate surface area is 142 Å². The Balaban J connectivity index is 1.59. The average Bonchev–Trinajstić information content (AvgIpc) is 3.05. The van der Waals surface area contributed by atoms with Gasteiger partial charge in [-0.15, -0.1) is 11.8 Å². The number of aromatic nitrogens is 1. The van der Waals surface area contributed by atoms with Gasteiger partial charge in [0.25, 0.3) is 5.91 Å². The predicted octanol–water partition coefficient (Wildman–Crippen LogP) is 4.87. The third-order valence-electron chi connectivity index (χ3n) is 2.98. The molecule has 0 saturated heterocycles. The van der Waals surface area contributed by atoms with Crippen LogP contribution in [0.3, 0.4) is 0 Å². The zero-order chi connectivity index (χ0) is 16.1. The molecule has 0 aliphatic heterocycles. The van der Waals surface area contributed by atoms with Crippen LogP contribution in [0.2, 0.25) is 5.02 Å². The van der Waals surface area contributed by atoms with Gasteiger partial charge in [-0.3, -0.25) is 4.79 Å². The average molecular weight is 345 g/mol. The van der Waals surface area contributed by atoms with Gasteiger partial charge < -0.3 is 9.73 Å². The molecule has 2 aromatic heterocycles. The molecule has 3 rings (SSSR count). The molecular weight excluding hydrogens is 332 g/mol. The number of hydrogen-bond donors (Lipinski definition) is 1. The van der Waals surface area contributed by atoms with Gasteiger partial charge in [0.1, 0.15) is 11.6 Å². The van der Waals surface area contributed by atoms with E-state index in [1.807, 2.05) is 30.3 Å². The first-order valence-electron chi connectivity index (χ1n) is 6.90. The van der Waals surface area contributed by atoms with E-state index in [2.05, 4.69) is 10.3 Å². The molecule has 6 heteroatoms. The molecule has 116 valence electrons. The van der Waals surface area contributed by atoms with E-state index in [-0.39, 0.29) is 11.7 Å². The number of halogens is 1. The monoisotopic (exact) mass is 344 g/mol. The van der Waals surface area contributed by atoms with Crippen molar-refractivity contribution in [2.45, 2.75) is 10.6 Å². The zero-order valence-corrected chi connectivity index (χ0v) is 13.6. The third-order valence-corrected chi connectivity index (χ3v) is 4.24. The van der Waals surface area contributed by atoms with Crippen molar-refractivity contribution in [1.29, 1.82) is 0 Å². The highest BCUT2D eigenvalue weighted by Crippen LogP contribution is 2.23. The number of thioether (sulfide) groups is 1. The first kappa shape index (κ1) is 15.6. The molecule has 4 nitrogen and oxygen atoms in total. The number of nitrogens with zero attached hydrogens (tertiary/aromatic N) is 1. The van der Waals surface area contributed by atoms with Gasteiger partial charge in [0, 0.05) is 11.1 Å². The minimum Gasteiger partial charge on any atom is -0.455 e. The normalized spacial score (nSPS) is 10.5. The molecule has 0 aliphatic rings. The van der Waals surface area contributed by atoms with Crippen molar-refractivity contribution < 1.29 is 9.21 Å².